The van der Waals surface area contributed by atoms with E-state index in [0.717, 1.165) is 0 Å². The first kappa shape index (κ1) is 22.8. The van der Waals surface area contributed by atoms with Crippen LogP contribution >= 0.6 is 36.2 Å². The summed E-state index contributed by atoms with van der Waals surface area (Å²) in [6, 6.07) is 6.41. The van der Waals surface area contributed by atoms with Crippen LogP contribution in [0.2, 0.25) is 0 Å². The zero-order chi connectivity index (χ0) is 16.3. The van der Waals surface area contributed by atoms with E-state index in [1.54, 1.807) is 35.5 Å². The van der Waals surface area contributed by atoms with Gasteiger partial charge in [0.05, 0.1) is 0 Å². The van der Waals surface area contributed by atoms with E-state index in [4.69, 9.17) is 5.73 Å². The van der Waals surface area contributed by atoms with Gasteiger partial charge in [0.2, 0.25) is 0 Å². The molecule has 8 heteroatoms. The molecule has 4 nitrogen and oxygen atoms in total. The monoisotopic (exact) mass is 393 g/mol. The second-order valence-corrected chi connectivity index (χ2v) is 6.91. The van der Waals surface area contributed by atoms with Crippen LogP contribution < -0.4 is 5.73 Å². The van der Waals surface area contributed by atoms with Crippen LogP contribution in [0.1, 0.15) is 24.3 Å². The van der Waals surface area contributed by atoms with Crippen LogP contribution in [-0.4, -0.2) is 35.9 Å². The third-order valence-electron chi connectivity index (χ3n) is 3.39. The number of amides is 1. The fourth-order valence-electron chi connectivity index (χ4n) is 2.10. The Balaban J connectivity index is 0.00000264. The van der Waals surface area contributed by atoms with Crippen molar-refractivity contribution in [2.45, 2.75) is 13.8 Å². The molecule has 0 atom stereocenters. The van der Waals surface area contributed by atoms with Gasteiger partial charge in [0, 0.05) is 24.5 Å². The van der Waals surface area contributed by atoms with E-state index in [-0.39, 0.29) is 42.0 Å². The van der Waals surface area contributed by atoms with Gasteiger partial charge in [0.25, 0.3) is 5.91 Å². The molecule has 1 aromatic heterocycles. The summed E-state index contributed by atoms with van der Waals surface area (Å²) in [7, 11) is 1.72. The number of carbonyl (C=O) groups is 1. The fraction of sp³-hybridized carbons (Fsp3) is 0.375. The molecule has 24 heavy (non-hydrogen) atoms. The van der Waals surface area contributed by atoms with Gasteiger partial charge in [0.15, 0.2) is 0 Å². The van der Waals surface area contributed by atoms with Crippen molar-refractivity contribution in [3.05, 3.63) is 41.2 Å². The summed E-state index contributed by atoms with van der Waals surface area (Å²) < 4.78 is 13.8. The lowest BCUT2D eigenvalue weighted by molar-refractivity contribution is 0.0735. The lowest BCUT2D eigenvalue weighted by atomic mass is 9.93. The van der Waals surface area contributed by atoms with Gasteiger partial charge in [-0.3, -0.25) is 4.79 Å². The van der Waals surface area contributed by atoms with Gasteiger partial charge in [-0.25, -0.2) is 9.37 Å². The number of halogens is 3. The summed E-state index contributed by atoms with van der Waals surface area (Å²) in [5.74, 6) is -0.520. The van der Waals surface area contributed by atoms with Crippen LogP contribution in [0.15, 0.2) is 29.6 Å². The van der Waals surface area contributed by atoms with Crippen molar-refractivity contribution in [3.63, 3.8) is 0 Å². The van der Waals surface area contributed by atoms with Crippen molar-refractivity contribution in [1.82, 2.24) is 9.88 Å². The van der Waals surface area contributed by atoms with E-state index in [1.807, 2.05) is 13.8 Å². The third kappa shape index (κ3) is 5.41. The molecule has 2 aromatic rings. The number of benzene rings is 1. The minimum atomic E-state index is -0.339. The molecule has 0 radical (unpaired) electrons. The predicted molar refractivity (Wildman–Crippen MR) is 102 cm³/mol. The van der Waals surface area contributed by atoms with Crippen molar-refractivity contribution in [2.75, 3.05) is 20.1 Å². The maximum atomic E-state index is 13.8. The minimum absolute atomic E-state index is 0. The molecule has 0 aliphatic carbocycles. The lowest BCUT2D eigenvalue weighted by Crippen LogP contribution is -2.39. The second kappa shape index (κ2) is 9.32. The largest absolute Gasteiger partial charge is 0.340 e. The smallest absolute Gasteiger partial charge is 0.273 e. The Hall–Kier alpha value is -1.21. The molecule has 0 saturated heterocycles. The standard InChI is InChI=1S/C16H20FN3OS.2ClH/c1-16(2,9-18)10-20(3)15(21)13-8-22-14(19-13)11-6-4-5-7-12(11)17;;/h4-8H,9-10,18H2,1-3H3;2*1H. The second-order valence-electron chi connectivity index (χ2n) is 6.05. The van der Waals surface area contributed by atoms with Crippen molar-refractivity contribution >= 4 is 42.1 Å². The Bertz CT molecular complexity index is 679. The molecule has 1 amide bonds. The zero-order valence-electron chi connectivity index (χ0n) is 13.8. The van der Waals surface area contributed by atoms with Crippen LogP contribution in [0.4, 0.5) is 4.39 Å². The fourth-order valence-corrected chi connectivity index (χ4v) is 2.92. The molecular formula is C16H22Cl2FN3OS. The summed E-state index contributed by atoms with van der Waals surface area (Å²) in [6.07, 6.45) is 0. The number of hydrogen-bond acceptors (Lipinski definition) is 4. The average Bonchev–Trinajstić information content (AvgIpc) is 2.96. The molecule has 2 rings (SSSR count). The quantitative estimate of drug-likeness (QED) is 0.838. The highest BCUT2D eigenvalue weighted by molar-refractivity contribution is 7.13. The normalized spacial score (nSPS) is 10.5. The SMILES string of the molecule is CN(CC(C)(C)CN)C(=O)c1csc(-c2ccccc2F)n1.Cl.Cl. The predicted octanol–water partition coefficient (Wildman–Crippen LogP) is 3.85. The molecule has 0 unspecified atom stereocenters. The Kier molecular flexibility index (Phi) is 8.85. The average molecular weight is 394 g/mol. The van der Waals surface area contributed by atoms with E-state index in [2.05, 4.69) is 4.98 Å². The number of hydrogen-bond donors (Lipinski definition) is 1. The molecule has 134 valence electrons. The van der Waals surface area contributed by atoms with Gasteiger partial charge in [-0.1, -0.05) is 26.0 Å². The zero-order valence-corrected chi connectivity index (χ0v) is 16.2. The Morgan fingerprint density at radius 3 is 2.54 bits per heavy atom. The summed E-state index contributed by atoms with van der Waals surface area (Å²) in [4.78, 5) is 18.3. The Labute approximate surface area is 158 Å². The molecule has 1 aromatic carbocycles. The maximum absolute atomic E-state index is 13.8. The number of nitrogens with two attached hydrogens (primary N) is 1. The molecule has 2 N–H and O–H groups in total. The topological polar surface area (TPSA) is 59.2 Å². The highest BCUT2D eigenvalue weighted by Gasteiger charge is 2.23. The van der Waals surface area contributed by atoms with E-state index < -0.39 is 0 Å². The summed E-state index contributed by atoms with van der Waals surface area (Å²) in [6.45, 7) is 5.03. The van der Waals surface area contributed by atoms with Gasteiger partial charge in [0.1, 0.15) is 16.5 Å². The molecule has 0 saturated carbocycles. The molecule has 0 fully saturated rings. The Morgan fingerprint density at radius 1 is 1.33 bits per heavy atom. The van der Waals surface area contributed by atoms with Gasteiger partial charge >= 0.3 is 0 Å². The first-order valence-corrected chi connectivity index (χ1v) is 7.88. The van der Waals surface area contributed by atoms with Crippen LogP contribution in [0.3, 0.4) is 0 Å². The number of aromatic nitrogens is 1. The van der Waals surface area contributed by atoms with Crippen LogP contribution in [0.25, 0.3) is 10.6 Å². The van der Waals surface area contributed by atoms with Crippen molar-refractivity contribution in [1.29, 1.82) is 0 Å². The van der Waals surface area contributed by atoms with E-state index >= 15 is 0 Å². The van der Waals surface area contributed by atoms with Crippen molar-refractivity contribution in [3.8, 4) is 10.6 Å². The first-order valence-electron chi connectivity index (χ1n) is 7.00. The van der Waals surface area contributed by atoms with E-state index in [0.29, 0.717) is 29.4 Å². The van der Waals surface area contributed by atoms with Crippen molar-refractivity contribution in [2.24, 2.45) is 11.1 Å². The number of rotatable bonds is 5. The molecule has 0 bridgehead atoms. The molecular weight excluding hydrogens is 372 g/mol. The molecule has 0 spiro atoms. The van der Waals surface area contributed by atoms with Crippen LogP contribution in [-0.2, 0) is 0 Å². The van der Waals surface area contributed by atoms with E-state index in [9.17, 15) is 9.18 Å². The van der Waals surface area contributed by atoms with Gasteiger partial charge < -0.3 is 10.6 Å². The highest BCUT2D eigenvalue weighted by Crippen LogP contribution is 2.26. The summed E-state index contributed by atoms with van der Waals surface area (Å²) in [5.41, 5.74) is 6.28. The van der Waals surface area contributed by atoms with Gasteiger partial charge in [-0.2, -0.15) is 0 Å². The van der Waals surface area contributed by atoms with Crippen LogP contribution in [0.5, 0.6) is 0 Å². The summed E-state index contributed by atoms with van der Waals surface area (Å²) in [5, 5.41) is 2.17. The first-order chi connectivity index (χ1) is 10.3. The van der Waals surface area contributed by atoms with Gasteiger partial charge in [-0.15, -0.1) is 36.2 Å². The van der Waals surface area contributed by atoms with Crippen LogP contribution in [0, 0.1) is 11.2 Å². The molecule has 0 aliphatic rings. The number of nitrogens with zero attached hydrogens (tertiary/aromatic N) is 2. The molecule has 1 heterocycles. The minimum Gasteiger partial charge on any atom is -0.340 e. The van der Waals surface area contributed by atoms with Gasteiger partial charge in [-0.05, 0) is 24.1 Å². The van der Waals surface area contributed by atoms with Crippen molar-refractivity contribution < 1.29 is 9.18 Å². The Morgan fingerprint density at radius 2 is 1.96 bits per heavy atom. The summed E-state index contributed by atoms with van der Waals surface area (Å²) >= 11 is 1.26. The lowest BCUT2D eigenvalue weighted by Gasteiger charge is -2.28. The maximum Gasteiger partial charge on any atom is 0.273 e. The highest BCUT2D eigenvalue weighted by atomic mass is 35.5. The number of thiazole rings is 1. The van der Waals surface area contributed by atoms with E-state index in [1.165, 1.54) is 17.4 Å². The molecule has 0 aliphatic heterocycles. The number of carbonyl (C=O) groups excluding carboxylic acids is 1. The third-order valence-corrected chi connectivity index (χ3v) is 4.27.